The Kier molecular flexibility index (Phi) is 2.32. The highest BCUT2D eigenvalue weighted by Crippen LogP contribution is 2.13. The summed E-state index contributed by atoms with van der Waals surface area (Å²) >= 11 is 0. The van der Waals surface area contributed by atoms with Crippen LogP contribution in [0.5, 0.6) is 5.75 Å². The zero-order valence-electron chi connectivity index (χ0n) is 7.18. The second-order valence-electron chi connectivity index (χ2n) is 2.44. The van der Waals surface area contributed by atoms with Gasteiger partial charge in [0.1, 0.15) is 0 Å². The molecule has 1 aromatic heterocycles. The summed E-state index contributed by atoms with van der Waals surface area (Å²) in [4.78, 5) is 21.0. The Hall–Kier alpha value is -1.85. The monoisotopic (exact) mass is 184 g/mol. The minimum Gasteiger partial charge on any atom is -0.491 e. The summed E-state index contributed by atoms with van der Waals surface area (Å²) in [5.41, 5.74) is -0.563. The molecule has 0 unspecified atom stereocenters. The van der Waals surface area contributed by atoms with Crippen LogP contribution in [-0.4, -0.2) is 16.6 Å². The van der Waals surface area contributed by atoms with Crippen LogP contribution in [0.15, 0.2) is 17.1 Å². The molecule has 1 heterocycles. The standard InChI is InChI=1S/C7H8N2O4/c1-8-4-5(9(11)12)3-6(13-2)7(8)10/h3-4H,1-2H3. The van der Waals surface area contributed by atoms with Crippen molar-refractivity contribution in [1.82, 2.24) is 4.57 Å². The van der Waals surface area contributed by atoms with Crippen LogP contribution in [-0.2, 0) is 7.05 Å². The van der Waals surface area contributed by atoms with Crippen LogP contribution in [0, 0.1) is 10.1 Å². The maximum atomic E-state index is 11.2. The van der Waals surface area contributed by atoms with Gasteiger partial charge in [-0.3, -0.25) is 14.9 Å². The van der Waals surface area contributed by atoms with Crippen LogP contribution in [0.4, 0.5) is 5.69 Å². The first-order chi connectivity index (χ1) is 6.06. The van der Waals surface area contributed by atoms with E-state index in [1.54, 1.807) is 0 Å². The Bertz CT molecular complexity index is 396. The van der Waals surface area contributed by atoms with Gasteiger partial charge >= 0.3 is 0 Å². The third-order valence-corrected chi connectivity index (χ3v) is 1.57. The highest BCUT2D eigenvalue weighted by atomic mass is 16.6. The average molecular weight is 184 g/mol. The highest BCUT2D eigenvalue weighted by Gasteiger charge is 2.11. The zero-order chi connectivity index (χ0) is 10.0. The number of aryl methyl sites for hydroxylation is 1. The van der Waals surface area contributed by atoms with E-state index in [2.05, 4.69) is 4.74 Å². The molecule has 0 N–H and O–H groups in total. The lowest BCUT2D eigenvalue weighted by Gasteiger charge is -2.01. The van der Waals surface area contributed by atoms with Gasteiger partial charge < -0.3 is 9.30 Å². The smallest absolute Gasteiger partial charge is 0.293 e. The highest BCUT2D eigenvalue weighted by molar-refractivity contribution is 5.34. The van der Waals surface area contributed by atoms with E-state index in [1.165, 1.54) is 14.2 Å². The van der Waals surface area contributed by atoms with Crippen molar-refractivity contribution in [3.63, 3.8) is 0 Å². The van der Waals surface area contributed by atoms with E-state index in [4.69, 9.17) is 0 Å². The van der Waals surface area contributed by atoms with Gasteiger partial charge in [-0.05, 0) is 0 Å². The van der Waals surface area contributed by atoms with Crippen molar-refractivity contribution in [2.45, 2.75) is 0 Å². The number of ether oxygens (including phenoxy) is 1. The topological polar surface area (TPSA) is 74.4 Å². The van der Waals surface area contributed by atoms with Gasteiger partial charge in [-0.25, -0.2) is 0 Å². The fraction of sp³-hybridized carbons (Fsp3) is 0.286. The summed E-state index contributed by atoms with van der Waals surface area (Å²) < 4.78 is 5.79. The van der Waals surface area contributed by atoms with Gasteiger partial charge in [-0.1, -0.05) is 0 Å². The number of nitro groups is 1. The maximum Gasteiger partial charge on any atom is 0.293 e. The first-order valence-electron chi connectivity index (χ1n) is 3.45. The molecule has 0 aliphatic carbocycles. The minimum absolute atomic E-state index is 0.0308. The molecular weight excluding hydrogens is 176 g/mol. The fourth-order valence-electron chi connectivity index (χ4n) is 0.910. The van der Waals surface area contributed by atoms with E-state index in [0.717, 1.165) is 16.8 Å². The quantitative estimate of drug-likeness (QED) is 0.489. The number of hydrogen-bond acceptors (Lipinski definition) is 4. The van der Waals surface area contributed by atoms with Gasteiger partial charge in [0.2, 0.25) is 0 Å². The Morgan fingerprint density at radius 1 is 1.62 bits per heavy atom. The first kappa shape index (κ1) is 9.24. The summed E-state index contributed by atoms with van der Waals surface area (Å²) in [6.45, 7) is 0. The molecule has 0 spiro atoms. The molecular formula is C7H8N2O4. The molecule has 6 nitrogen and oxygen atoms in total. The molecule has 0 fully saturated rings. The molecule has 0 atom stereocenters. The third-order valence-electron chi connectivity index (χ3n) is 1.57. The molecule has 0 bridgehead atoms. The summed E-state index contributed by atoms with van der Waals surface area (Å²) in [6.07, 6.45) is 1.14. The van der Waals surface area contributed by atoms with Gasteiger partial charge in [0, 0.05) is 7.05 Å². The second kappa shape index (κ2) is 3.26. The summed E-state index contributed by atoms with van der Waals surface area (Å²) in [5, 5.41) is 10.4. The van der Waals surface area contributed by atoms with E-state index < -0.39 is 10.5 Å². The molecule has 0 aliphatic rings. The zero-order valence-corrected chi connectivity index (χ0v) is 7.18. The molecule has 0 aliphatic heterocycles. The van der Waals surface area contributed by atoms with Crippen LogP contribution in [0.1, 0.15) is 0 Å². The molecule has 6 heteroatoms. The van der Waals surface area contributed by atoms with Gasteiger partial charge in [0.15, 0.2) is 5.75 Å². The van der Waals surface area contributed by atoms with Crippen molar-refractivity contribution < 1.29 is 9.66 Å². The largest absolute Gasteiger partial charge is 0.491 e. The van der Waals surface area contributed by atoms with Crippen LogP contribution in [0.2, 0.25) is 0 Å². The third kappa shape index (κ3) is 1.66. The van der Waals surface area contributed by atoms with Crippen LogP contribution in [0.3, 0.4) is 0 Å². The van der Waals surface area contributed by atoms with E-state index in [0.29, 0.717) is 0 Å². The first-order valence-corrected chi connectivity index (χ1v) is 3.45. The van der Waals surface area contributed by atoms with E-state index in [9.17, 15) is 14.9 Å². The Labute approximate surface area is 73.5 Å². The van der Waals surface area contributed by atoms with Crippen molar-refractivity contribution in [2.24, 2.45) is 7.05 Å². The minimum atomic E-state index is -0.581. The summed E-state index contributed by atoms with van der Waals surface area (Å²) in [6, 6.07) is 1.10. The van der Waals surface area contributed by atoms with Crippen molar-refractivity contribution in [3.8, 4) is 5.75 Å². The Balaban J connectivity index is 3.39. The number of aromatic nitrogens is 1. The lowest BCUT2D eigenvalue weighted by molar-refractivity contribution is -0.385. The van der Waals surface area contributed by atoms with Gasteiger partial charge in [0.05, 0.1) is 24.3 Å². The number of hydrogen-bond donors (Lipinski definition) is 0. The average Bonchev–Trinajstić information content (AvgIpc) is 2.09. The van der Waals surface area contributed by atoms with E-state index >= 15 is 0 Å². The molecule has 0 saturated carbocycles. The van der Waals surface area contributed by atoms with Crippen LogP contribution >= 0.6 is 0 Å². The number of rotatable bonds is 2. The molecule has 0 aromatic carbocycles. The molecule has 70 valence electrons. The predicted octanol–water partition coefficient (Wildman–Crippen LogP) is 0.302. The van der Waals surface area contributed by atoms with E-state index in [-0.39, 0.29) is 11.4 Å². The molecule has 1 rings (SSSR count). The molecule has 0 amide bonds. The SMILES string of the molecule is COc1cc([N+](=O)[O-])cn(C)c1=O. The van der Waals surface area contributed by atoms with E-state index in [1.807, 2.05) is 0 Å². The van der Waals surface area contributed by atoms with Crippen LogP contribution < -0.4 is 10.3 Å². The maximum absolute atomic E-state index is 11.2. The lowest BCUT2D eigenvalue weighted by Crippen LogP contribution is -2.18. The lowest BCUT2D eigenvalue weighted by atomic mass is 10.4. The fourth-order valence-corrected chi connectivity index (χ4v) is 0.910. The Morgan fingerprint density at radius 2 is 2.23 bits per heavy atom. The normalized spacial score (nSPS) is 9.69. The van der Waals surface area contributed by atoms with Crippen molar-refractivity contribution in [2.75, 3.05) is 7.11 Å². The predicted molar refractivity (Wildman–Crippen MR) is 44.9 cm³/mol. The van der Waals surface area contributed by atoms with Crippen molar-refractivity contribution in [3.05, 3.63) is 32.7 Å². The molecule has 13 heavy (non-hydrogen) atoms. The van der Waals surface area contributed by atoms with Gasteiger partial charge in [-0.2, -0.15) is 0 Å². The number of methoxy groups -OCH3 is 1. The number of pyridine rings is 1. The molecule has 1 aromatic rings. The second-order valence-corrected chi connectivity index (χ2v) is 2.44. The number of nitrogens with zero attached hydrogens (tertiary/aromatic N) is 2. The summed E-state index contributed by atoms with van der Waals surface area (Å²) in [5.74, 6) is -0.0308. The molecule has 0 radical (unpaired) electrons. The van der Waals surface area contributed by atoms with Gasteiger partial charge in [-0.15, -0.1) is 0 Å². The van der Waals surface area contributed by atoms with Crippen molar-refractivity contribution in [1.29, 1.82) is 0 Å². The summed E-state index contributed by atoms with van der Waals surface area (Å²) in [7, 11) is 2.72. The Morgan fingerprint density at radius 3 is 2.69 bits per heavy atom. The van der Waals surface area contributed by atoms with Crippen molar-refractivity contribution >= 4 is 5.69 Å². The van der Waals surface area contributed by atoms with Gasteiger partial charge in [0.25, 0.3) is 11.2 Å². The van der Waals surface area contributed by atoms with Crippen LogP contribution in [0.25, 0.3) is 0 Å². The molecule has 0 saturated heterocycles.